The van der Waals surface area contributed by atoms with Crippen LogP contribution in [0.25, 0.3) is 0 Å². The average molecular weight is 532 g/mol. The number of likely N-dealkylation sites (tertiary alicyclic amines) is 1. The first-order chi connectivity index (χ1) is 17.4. The summed E-state index contributed by atoms with van der Waals surface area (Å²) in [5, 5.41) is 4.31. The molecule has 0 spiro atoms. The number of piperidine rings is 1. The molecular formula is C29H36Cl2N2O3. The molecule has 2 saturated carbocycles. The van der Waals surface area contributed by atoms with E-state index >= 15 is 0 Å². The van der Waals surface area contributed by atoms with E-state index in [2.05, 4.69) is 28.4 Å². The monoisotopic (exact) mass is 530 g/mol. The summed E-state index contributed by atoms with van der Waals surface area (Å²) in [4.78, 5) is 15.7. The van der Waals surface area contributed by atoms with Crippen LogP contribution in [0.5, 0.6) is 5.75 Å². The number of fused-ring (bicyclic) bond motifs is 1. The van der Waals surface area contributed by atoms with Crippen molar-refractivity contribution in [2.24, 2.45) is 5.92 Å². The minimum Gasteiger partial charge on any atom is -0.497 e. The molecule has 0 radical (unpaired) electrons. The van der Waals surface area contributed by atoms with Crippen LogP contribution in [0.1, 0.15) is 49.7 Å². The summed E-state index contributed by atoms with van der Waals surface area (Å²) in [6.07, 6.45) is 6.63. The lowest BCUT2D eigenvalue weighted by Gasteiger charge is -2.60. The summed E-state index contributed by atoms with van der Waals surface area (Å²) in [6.45, 7) is 3.15. The number of carbonyl (C=O) groups is 1. The van der Waals surface area contributed by atoms with E-state index in [4.69, 9.17) is 32.7 Å². The van der Waals surface area contributed by atoms with Gasteiger partial charge in [0.05, 0.1) is 29.2 Å². The Morgan fingerprint density at radius 1 is 1.08 bits per heavy atom. The first-order valence-electron chi connectivity index (χ1n) is 13.0. The molecule has 1 N–H and O–H groups in total. The number of nitrogens with zero attached hydrogens (tertiary/aromatic N) is 1. The predicted molar refractivity (Wildman–Crippen MR) is 144 cm³/mol. The summed E-state index contributed by atoms with van der Waals surface area (Å²) < 4.78 is 12.1. The molecule has 1 amide bonds. The van der Waals surface area contributed by atoms with Gasteiger partial charge in [-0.3, -0.25) is 4.79 Å². The summed E-state index contributed by atoms with van der Waals surface area (Å²) in [5.74, 6) is 1.72. The Morgan fingerprint density at radius 3 is 2.64 bits per heavy atom. The number of amides is 1. The number of nitrogens with one attached hydrogen (secondary N) is 1. The van der Waals surface area contributed by atoms with Crippen molar-refractivity contribution in [1.82, 2.24) is 10.2 Å². The first kappa shape index (κ1) is 25.8. The van der Waals surface area contributed by atoms with Crippen molar-refractivity contribution in [2.45, 2.75) is 62.0 Å². The maximum atomic E-state index is 13.1. The Balaban J connectivity index is 1.39. The van der Waals surface area contributed by atoms with Gasteiger partial charge in [0.25, 0.3) is 0 Å². The minimum atomic E-state index is -0.294. The summed E-state index contributed by atoms with van der Waals surface area (Å²) in [5.41, 5.74) is 1.62. The van der Waals surface area contributed by atoms with Gasteiger partial charge in [0, 0.05) is 31.7 Å². The number of methoxy groups -OCH3 is 2. The van der Waals surface area contributed by atoms with E-state index in [0.29, 0.717) is 10.0 Å². The van der Waals surface area contributed by atoms with Crippen LogP contribution in [-0.4, -0.2) is 56.3 Å². The maximum absolute atomic E-state index is 13.1. The highest BCUT2D eigenvalue weighted by Gasteiger charge is 2.59. The third kappa shape index (κ3) is 5.13. The second kappa shape index (κ2) is 10.5. The number of ether oxygens (including phenoxy) is 2. The van der Waals surface area contributed by atoms with Gasteiger partial charge in [0.1, 0.15) is 5.75 Å². The minimum absolute atomic E-state index is 0.00951. The van der Waals surface area contributed by atoms with Crippen molar-refractivity contribution in [1.29, 1.82) is 0 Å². The van der Waals surface area contributed by atoms with Crippen molar-refractivity contribution >= 4 is 29.1 Å². The quantitative estimate of drug-likeness (QED) is 0.478. The molecule has 3 fully saturated rings. The van der Waals surface area contributed by atoms with Crippen LogP contribution in [0.3, 0.4) is 0 Å². The van der Waals surface area contributed by atoms with Crippen molar-refractivity contribution in [3.8, 4) is 5.75 Å². The molecule has 1 saturated heterocycles. The zero-order chi connectivity index (χ0) is 25.3. The standard InChI is InChI=1S/C29H36Cl2N2O3/c1-35-24-5-3-4-22(16-24)28-12-13-33(18-20-6-7-20)19-29(28,36-2)11-10-23(17-28)32-27(34)15-21-8-9-25(30)26(31)14-21/h3-5,8-9,14,16,20,23H,6-7,10-13,15,17-19H2,1-2H3,(H,32,34)/t23-,28?,29?/m1/s1. The van der Waals surface area contributed by atoms with Gasteiger partial charge in [-0.05, 0) is 86.4 Å². The molecule has 2 aromatic rings. The Bertz CT molecular complexity index is 1110. The Hall–Kier alpha value is -1.79. The number of carbonyl (C=O) groups excluding carboxylic acids is 1. The van der Waals surface area contributed by atoms with Crippen LogP contribution < -0.4 is 10.1 Å². The lowest BCUT2D eigenvalue weighted by atomic mass is 9.55. The summed E-state index contributed by atoms with van der Waals surface area (Å²) in [7, 11) is 3.59. The molecule has 36 heavy (non-hydrogen) atoms. The molecule has 3 aliphatic rings. The van der Waals surface area contributed by atoms with Crippen LogP contribution in [0, 0.1) is 5.92 Å². The van der Waals surface area contributed by atoms with Gasteiger partial charge in [0.15, 0.2) is 0 Å². The second-order valence-electron chi connectivity index (χ2n) is 10.9. The molecule has 2 unspecified atom stereocenters. The van der Waals surface area contributed by atoms with E-state index < -0.39 is 0 Å². The zero-order valence-corrected chi connectivity index (χ0v) is 22.7. The van der Waals surface area contributed by atoms with Gasteiger partial charge < -0.3 is 19.7 Å². The number of rotatable bonds is 8. The lowest BCUT2D eigenvalue weighted by molar-refractivity contribution is -0.151. The Kier molecular flexibility index (Phi) is 7.56. The van der Waals surface area contributed by atoms with Gasteiger partial charge in [-0.1, -0.05) is 41.4 Å². The fraction of sp³-hybridized carbons (Fsp3) is 0.552. The van der Waals surface area contributed by atoms with Gasteiger partial charge in [-0.15, -0.1) is 0 Å². The lowest BCUT2D eigenvalue weighted by Crippen LogP contribution is -2.68. The van der Waals surface area contributed by atoms with Crippen LogP contribution >= 0.6 is 23.2 Å². The Morgan fingerprint density at radius 2 is 1.92 bits per heavy atom. The fourth-order valence-corrected chi connectivity index (χ4v) is 6.89. The predicted octanol–water partition coefficient (Wildman–Crippen LogP) is 5.65. The highest BCUT2D eigenvalue weighted by Crippen LogP contribution is 2.54. The zero-order valence-electron chi connectivity index (χ0n) is 21.2. The summed E-state index contributed by atoms with van der Waals surface area (Å²) in [6, 6.07) is 13.9. The molecule has 2 aromatic carbocycles. The van der Waals surface area contributed by atoms with E-state index in [-0.39, 0.29) is 29.4 Å². The van der Waals surface area contributed by atoms with Gasteiger partial charge in [-0.25, -0.2) is 0 Å². The SMILES string of the molecule is COc1cccc(C23CCN(CC4CC4)CC2(OC)CC[C@@H](NC(=O)Cc2ccc(Cl)c(Cl)c2)C3)c1. The van der Waals surface area contributed by atoms with E-state index in [1.165, 1.54) is 24.9 Å². The van der Waals surface area contributed by atoms with Gasteiger partial charge >= 0.3 is 0 Å². The molecule has 0 aromatic heterocycles. The Labute approximate surface area is 224 Å². The molecule has 5 nitrogen and oxygen atoms in total. The normalized spacial score (nSPS) is 28.4. The van der Waals surface area contributed by atoms with Gasteiger partial charge in [0.2, 0.25) is 5.91 Å². The van der Waals surface area contributed by atoms with E-state index in [1.54, 1.807) is 19.2 Å². The van der Waals surface area contributed by atoms with Crippen molar-refractivity contribution in [3.05, 3.63) is 63.6 Å². The third-order valence-electron chi connectivity index (χ3n) is 8.64. The molecular weight excluding hydrogens is 495 g/mol. The van der Waals surface area contributed by atoms with Crippen LogP contribution in [0.4, 0.5) is 0 Å². The molecule has 3 atom stereocenters. The molecule has 1 aliphatic heterocycles. The smallest absolute Gasteiger partial charge is 0.224 e. The average Bonchev–Trinajstić information content (AvgIpc) is 3.70. The molecule has 0 bridgehead atoms. The highest BCUT2D eigenvalue weighted by molar-refractivity contribution is 6.42. The number of benzene rings is 2. The van der Waals surface area contributed by atoms with Crippen molar-refractivity contribution in [2.75, 3.05) is 33.9 Å². The second-order valence-corrected chi connectivity index (χ2v) is 11.7. The van der Waals surface area contributed by atoms with Crippen LogP contribution in [0.15, 0.2) is 42.5 Å². The third-order valence-corrected chi connectivity index (χ3v) is 9.38. The molecule has 7 heteroatoms. The fourth-order valence-electron chi connectivity index (χ4n) is 6.57. The van der Waals surface area contributed by atoms with Crippen molar-refractivity contribution < 1.29 is 14.3 Å². The van der Waals surface area contributed by atoms with Crippen LogP contribution in [-0.2, 0) is 21.4 Å². The molecule has 5 rings (SSSR count). The number of halogens is 2. The van der Waals surface area contributed by atoms with Crippen LogP contribution in [0.2, 0.25) is 10.0 Å². The summed E-state index contributed by atoms with van der Waals surface area (Å²) >= 11 is 12.2. The van der Waals surface area contributed by atoms with E-state index in [0.717, 1.165) is 56.0 Å². The number of hydrogen-bond donors (Lipinski definition) is 1. The van der Waals surface area contributed by atoms with E-state index in [1.807, 2.05) is 19.2 Å². The molecule has 2 aliphatic carbocycles. The maximum Gasteiger partial charge on any atom is 0.224 e. The largest absolute Gasteiger partial charge is 0.497 e. The molecule has 194 valence electrons. The highest BCUT2D eigenvalue weighted by atomic mass is 35.5. The number of hydrogen-bond acceptors (Lipinski definition) is 4. The topological polar surface area (TPSA) is 50.8 Å². The molecule has 1 heterocycles. The van der Waals surface area contributed by atoms with E-state index in [9.17, 15) is 4.79 Å². The first-order valence-corrected chi connectivity index (χ1v) is 13.8. The van der Waals surface area contributed by atoms with Crippen molar-refractivity contribution in [3.63, 3.8) is 0 Å². The van der Waals surface area contributed by atoms with Gasteiger partial charge in [-0.2, -0.15) is 0 Å².